The smallest absolute Gasteiger partial charge is 0.249 e. The number of methoxy groups -OCH3 is 1. The number of benzene rings is 1. The van der Waals surface area contributed by atoms with Crippen molar-refractivity contribution in [1.29, 1.82) is 0 Å². The van der Waals surface area contributed by atoms with E-state index in [0.717, 1.165) is 6.42 Å². The maximum Gasteiger partial charge on any atom is 0.249 e. The molecule has 0 radical (unpaired) electrons. The Bertz CT molecular complexity index is 919. The van der Waals surface area contributed by atoms with Crippen molar-refractivity contribution in [3.05, 3.63) is 29.4 Å². The molecule has 6 nitrogen and oxygen atoms in total. The highest BCUT2D eigenvalue weighted by Crippen LogP contribution is 2.47. The molecule has 2 amide bonds. The van der Waals surface area contributed by atoms with Crippen LogP contribution in [0.15, 0.2) is 23.6 Å². The van der Waals surface area contributed by atoms with Gasteiger partial charge in [0.1, 0.15) is 6.04 Å². The summed E-state index contributed by atoms with van der Waals surface area (Å²) in [6, 6.07) is 4.12. The average molecular weight is 407 g/mol. The van der Waals surface area contributed by atoms with Crippen molar-refractivity contribution < 1.29 is 18.7 Å². The fourth-order valence-corrected chi connectivity index (χ4v) is 5.65. The summed E-state index contributed by atoms with van der Waals surface area (Å²) in [4.78, 5) is 30.7. The van der Waals surface area contributed by atoms with Crippen LogP contribution >= 0.6 is 23.1 Å². The Balaban J connectivity index is 1.49. The number of thiazole rings is 1. The number of fused-ring (bicyclic) bond motifs is 1. The number of carbonyl (C=O) groups excluding carboxylic acids is 2. The van der Waals surface area contributed by atoms with Crippen molar-refractivity contribution in [3.8, 4) is 17.0 Å². The van der Waals surface area contributed by atoms with Gasteiger partial charge >= 0.3 is 0 Å². The second-order valence-corrected chi connectivity index (χ2v) is 9.00. The largest absolute Gasteiger partial charge is 0.494 e. The Hall–Kier alpha value is -2.13. The van der Waals surface area contributed by atoms with Gasteiger partial charge in [-0.1, -0.05) is 0 Å². The van der Waals surface area contributed by atoms with Crippen LogP contribution in [0, 0.1) is 5.82 Å². The molecule has 0 spiro atoms. The van der Waals surface area contributed by atoms with E-state index in [-0.39, 0.29) is 22.4 Å². The maximum atomic E-state index is 13.9. The Morgan fingerprint density at radius 2 is 2.30 bits per heavy atom. The maximum absolute atomic E-state index is 13.9. The number of halogens is 1. The van der Waals surface area contributed by atoms with Crippen molar-refractivity contribution in [3.63, 3.8) is 0 Å². The number of amides is 2. The topological polar surface area (TPSA) is 71.5 Å². The van der Waals surface area contributed by atoms with Crippen molar-refractivity contribution in [2.24, 2.45) is 0 Å². The summed E-state index contributed by atoms with van der Waals surface area (Å²) in [7, 11) is 1.41. The normalized spacial score (nSPS) is 24.2. The molecular formula is C18H18FN3O3S2. The number of hydrogen-bond acceptors (Lipinski definition) is 6. The third kappa shape index (κ3) is 3.19. The van der Waals surface area contributed by atoms with Gasteiger partial charge in [0.2, 0.25) is 11.8 Å². The van der Waals surface area contributed by atoms with E-state index >= 15 is 0 Å². The van der Waals surface area contributed by atoms with Crippen LogP contribution in [-0.2, 0) is 9.59 Å². The Kier molecular flexibility index (Phi) is 4.59. The average Bonchev–Trinajstić information content (AvgIpc) is 3.31. The third-order valence-electron chi connectivity index (χ3n) is 4.93. The number of hydrogen-bond donors (Lipinski definition) is 1. The first-order valence-electron chi connectivity index (χ1n) is 8.48. The number of anilines is 1. The standard InChI is InChI=1S/C18H18FN3O3S2/c1-18-6-5-15(23)22(18)13(9-27-18)16(24)21-17-20-12(8-26-17)10-3-4-14(25-2)11(19)7-10/h3-4,7-8,13H,5-6,9H2,1-2H3,(H,20,21,24)/t13-,18-/m1/s1. The summed E-state index contributed by atoms with van der Waals surface area (Å²) in [5.41, 5.74) is 1.17. The molecule has 2 aliphatic rings. The highest BCUT2D eigenvalue weighted by Gasteiger charge is 2.52. The predicted molar refractivity (Wildman–Crippen MR) is 103 cm³/mol. The van der Waals surface area contributed by atoms with Crippen LogP contribution in [0.1, 0.15) is 19.8 Å². The summed E-state index contributed by atoms with van der Waals surface area (Å²) >= 11 is 2.91. The minimum atomic E-state index is -0.485. The van der Waals surface area contributed by atoms with Crippen LogP contribution in [0.5, 0.6) is 5.75 Å². The van der Waals surface area contributed by atoms with Gasteiger partial charge in [0.05, 0.1) is 17.7 Å². The molecule has 3 heterocycles. The minimum Gasteiger partial charge on any atom is -0.494 e. The molecule has 4 rings (SSSR count). The zero-order chi connectivity index (χ0) is 19.2. The van der Waals surface area contributed by atoms with Crippen molar-refractivity contribution in [2.45, 2.75) is 30.7 Å². The number of nitrogens with one attached hydrogen (secondary N) is 1. The van der Waals surface area contributed by atoms with Gasteiger partial charge in [-0.15, -0.1) is 23.1 Å². The van der Waals surface area contributed by atoms with Gasteiger partial charge in [0, 0.05) is 23.1 Å². The quantitative estimate of drug-likeness (QED) is 0.842. The highest BCUT2D eigenvalue weighted by atomic mass is 32.2. The molecular weight excluding hydrogens is 389 g/mol. The van der Waals surface area contributed by atoms with Gasteiger partial charge in [0.25, 0.3) is 0 Å². The minimum absolute atomic E-state index is 0.0242. The summed E-state index contributed by atoms with van der Waals surface area (Å²) < 4.78 is 18.8. The number of aromatic nitrogens is 1. The van der Waals surface area contributed by atoms with E-state index in [9.17, 15) is 14.0 Å². The molecule has 1 N–H and O–H groups in total. The van der Waals surface area contributed by atoms with Gasteiger partial charge in [-0.05, 0) is 31.5 Å². The number of rotatable bonds is 4. The van der Waals surface area contributed by atoms with E-state index in [1.807, 2.05) is 6.92 Å². The summed E-state index contributed by atoms with van der Waals surface area (Å²) in [5.74, 6) is 0.0677. The van der Waals surface area contributed by atoms with Gasteiger partial charge in [0.15, 0.2) is 16.7 Å². The van der Waals surface area contributed by atoms with Gasteiger partial charge < -0.3 is 15.0 Å². The first-order valence-corrected chi connectivity index (χ1v) is 10.3. The SMILES string of the molecule is COc1ccc(-c2csc(NC(=O)[C@H]3CS[C@]4(C)CCC(=O)N34)n2)cc1F. The predicted octanol–water partition coefficient (Wildman–Crippen LogP) is 3.35. The van der Waals surface area contributed by atoms with E-state index in [2.05, 4.69) is 10.3 Å². The molecule has 1 aromatic heterocycles. The van der Waals surface area contributed by atoms with Crippen LogP contribution < -0.4 is 10.1 Å². The first kappa shape index (κ1) is 18.2. The molecule has 142 valence electrons. The van der Waals surface area contributed by atoms with E-state index < -0.39 is 11.9 Å². The van der Waals surface area contributed by atoms with Crippen LogP contribution in [0.2, 0.25) is 0 Å². The fourth-order valence-electron chi connectivity index (χ4n) is 3.49. The Labute approximate surface area is 164 Å². The van der Waals surface area contributed by atoms with Crippen LogP contribution in [0.25, 0.3) is 11.3 Å². The fraction of sp³-hybridized carbons (Fsp3) is 0.389. The molecule has 2 aliphatic heterocycles. The second kappa shape index (κ2) is 6.79. The number of nitrogens with zero attached hydrogens (tertiary/aromatic N) is 2. The van der Waals surface area contributed by atoms with Gasteiger partial charge in [-0.2, -0.15) is 0 Å². The molecule has 2 atom stereocenters. The Morgan fingerprint density at radius 3 is 3.04 bits per heavy atom. The zero-order valence-electron chi connectivity index (χ0n) is 14.8. The molecule has 2 aromatic rings. The van der Waals surface area contributed by atoms with Gasteiger partial charge in [-0.25, -0.2) is 9.37 Å². The van der Waals surface area contributed by atoms with Crippen molar-refractivity contribution >= 4 is 40.0 Å². The highest BCUT2D eigenvalue weighted by molar-refractivity contribution is 8.01. The summed E-state index contributed by atoms with van der Waals surface area (Å²) in [5, 5.41) is 4.99. The molecule has 0 unspecified atom stereocenters. The summed E-state index contributed by atoms with van der Waals surface area (Å²) in [6.07, 6.45) is 1.25. The van der Waals surface area contributed by atoms with Crippen LogP contribution in [0.4, 0.5) is 9.52 Å². The summed E-state index contributed by atoms with van der Waals surface area (Å²) in [6.45, 7) is 2.01. The lowest BCUT2D eigenvalue weighted by Gasteiger charge is -2.29. The molecule has 0 saturated carbocycles. The van der Waals surface area contributed by atoms with E-state index in [1.165, 1.54) is 30.6 Å². The van der Waals surface area contributed by atoms with Gasteiger partial charge in [-0.3, -0.25) is 9.59 Å². The molecule has 2 saturated heterocycles. The molecule has 0 bridgehead atoms. The molecule has 1 aromatic carbocycles. The van der Waals surface area contributed by atoms with E-state index in [1.54, 1.807) is 28.1 Å². The number of carbonyl (C=O) groups is 2. The molecule has 9 heteroatoms. The van der Waals surface area contributed by atoms with Crippen molar-refractivity contribution in [2.75, 3.05) is 18.2 Å². The monoisotopic (exact) mass is 407 g/mol. The number of ether oxygens (including phenoxy) is 1. The number of thioether (sulfide) groups is 1. The third-order valence-corrected chi connectivity index (χ3v) is 7.19. The Morgan fingerprint density at radius 1 is 1.48 bits per heavy atom. The first-order chi connectivity index (χ1) is 12.9. The lowest BCUT2D eigenvalue weighted by molar-refractivity contribution is -0.135. The molecule has 27 heavy (non-hydrogen) atoms. The van der Waals surface area contributed by atoms with E-state index in [0.29, 0.717) is 28.6 Å². The zero-order valence-corrected chi connectivity index (χ0v) is 16.5. The van der Waals surface area contributed by atoms with E-state index in [4.69, 9.17) is 4.74 Å². The lowest BCUT2D eigenvalue weighted by Crippen LogP contribution is -2.48. The lowest BCUT2D eigenvalue weighted by atomic mass is 10.1. The molecule has 0 aliphatic carbocycles. The van der Waals surface area contributed by atoms with Crippen LogP contribution in [-0.4, -0.2) is 45.5 Å². The van der Waals surface area contributed by atoms with Crippen molar-refractivity contribution in [1.82, 2.24) is 9.88 Å². The molecule has 2 fully saturated rings. The van der Waals surface area contributed by atoms with Crippen LogP contribution in [0.3, 0.4) is 0 Å². The second-order valence-electron chi connectivity index (χ2n) is 6.64.